The summed E-state index contributed by atoms with van der Waals surface area (Å²) in [5, 5.41) is 6.61. The van der Waals surface area contributed by atoms with Gasteiger partial charge in [-0.1, -0.05) is 18.2 Å². The number of aromatic amines is 1. The lowest BCUT2D eigenvalue weighted by Crippen LogP contribution is -2.26. The molecule has 0 atom stereocenters. The number of sulfonamides is 1. The molecule has 0 fully saturated rings. The molecule has 0 amide bonds. The van der Waals surface area contributed by atoms with Crippen molar-refractivity contribution in [2.75, 3.05) is 7.11 Å². The molecule has 4 rings (SSSR count). The number of methoxy groups -OCH3 is 1. The minimum Gasteiger partial charge on any atom is -0.495 e. The number of hydrogen-bond donors (Lipinski definition) is 1. The number of ether oxygens (including phenoxy) is 1. The molecule has 6 nitrogen and oxygen atoms in total. The van der Waals surface area contributed by atoms with Crippen molar-refractivity contribution in [3.8, 4) is 16.9 Å². The highest BCUT2D eigenvalue weighted by Crippen LogP contribution is 2.35. The third kappa shape index (κ3) is 2.67. The summed E-state index contributed by atoms with van der Waals surface area (Å²) < 4.78 is 46.7. The summed E-state index contributed by atoms with van der Waals surface area (Å²) in [5.41, 5.74) is 2.71. The summed E-state index contributed by atoms with van der Waals surface area (Å²) >= 11 is 0. The second-order valence-corrected chi connectivity index (χ2v) is 7.91. The molecule has 26 heavy (non-hydrogen) atoms. The van der Waals surface area contributed by atoms with E-state index in [1.54, 1.807) is 36.7 Å². The van der Waals surface area contributed by atoms with Crippen LogP contribution in [-0.4, -0.2) is 30.0 Å². The Hall–Kier alpha value is -2.71. The van der Waals surface area contributed by atoms with Crippen LogP contribution in [0.4, 0.5) is 4.39 Å². The van der Waals surface area contributed by atoms with Crippen LogP contribution in [0.25, 0.3) is 11.1 Å². The van der Waals surface area contributed by atoms with Crippen molar-refractivity contribution < 1.29 is 17.5 Å². The molecule has 1 aromatic heterocycles. The van der Waals surface area contributed by atoms with Gasteiger partial charge < -0.3 is 4.74 Å². The van der Waals surface area contributed by atoms with E-state index >= 15 is 0 Å². The average Bonchev–Trinajstić information content (AvgIpc) is 3.31. The summed E-state index contributed by atoms with van der Waals surface area (Å²) in [6, 6.07) is 9.54. The molecule has 1 aliphatic heterocycles. The first kappa shape index (κ1) is 16.7. The van der Waals surface area contributed by atoms with Gasteiger partial charge >= 0.3 is 0 Å². The molecule has 0 saturated carbocycles. The zero-order valence-electron chi connectivity index (χ0n) is 13.9. The van der Waals surface area contributed by atoms with E-state index in [1.165, 1.54) is 23.5 Å². The van der Waals surface area contributed by atoms with Gasteiger partial charge in [-0.25, -0.2) is 12.8 Å². The quantitative estimate of drug-likeness (QED) is 0.763. The Morgan fingerprint density at radius 3 is 2.73 bits per heavy atom. The number of fused-ring (bicyclic) bond motifs is 1. The first-order valence-corrected chi connectivity index (χ1v) is 9.38. The number of nitrogens with one attached hydrogen (secondary N) is 1. The smallest absolute Gasteiger partial charge is 0.247 e. The topological polar surface area (TPSA) is 75.3 Å². The summed E-state index contributed by atoms with van der Waals surface area (Å²) in [7, 11) is -2.41. The third-order valence-corrected chi connectivity index (χ3v) is 6.34. The van der Waals surface area contributed by atoms with E-state index in [2.05, 4.69) is 10.2 Å². The van der Waals surface area contributed by atoms with Gasteiger partial charge in [0.2, 0.25) is 10.0 Å². The van der Waals surface area contributed by atoms with Crippen molar-refractivity contribution in [3.63, 3.8) is 0 Å². The first-order valence-electron chi connectivity index (χ1n) is 7.94. The zero-order valence-corrected chi connectivity index (χ0v) is 14.8. The molecular weight excluding hydrogens is 357 g/mol. The van der Waals surface area contributed by atoms with Gasteiger partial charge in [-0.3, -0.25) is 5.10 Å². The van der Waals surface area contributed by atoms with Crippen molar-refractivity contribution in [1.82, 2.24) is 14.5 Å². The van der Waals surface area contributed by atoms with Crippen LogP contribution >= 0.6 is 0 Å². The normalized spacial score (nSPS) is 14.4. The molecule has 0 saturated heterocycles. The Morgan fingerprint density at radius 1 is 1.19 bits per heavy atom. The number of nitrogens with zero attached hydrogens (tertiary/aromatic N) is 2. The number of aromatic nitrogens is 2. The molecule has 0 aliphatic carbocycles. The summed E-state index contributed by atoms with van der Waals surface area (Å²) in [6.45, 7) is 0.152. The first-order chi connectivity index (χ1) is 12.5. The standard InChI is InChI=1S/C18H16FN3O3S/c1-25-17-7-12(14-8-20-21-9-14)5-6-18(17)26(23,24)22-10-13-3-2-4-16(19)15(13)11-22/h2-9H,10-11H2,1H3,(H,20,21). The van der Waals surface area contributed by atoms with Gasteiger partial charge in [0, 0.05) is 30.4 Å². The van der Waals surface area contributed by atoms with Crippen LogP contribution in [0.3, 0.4) is 0 Å². The van der Waals surface area contributed by atoms with Crippen molar-refractivity contribution >= 4 is 10.0 Å². The van der Waals surface area contributed by atoms with Gasteiger partial charge in [0.05, 0.1) is 13.3 Å². The van der Waals surface area contributed by atoms with Crippen molar-refractivity contribution in [3.05, 3.63) is 65.7 Å². The highest BCUT2D eigenvalue weighted by atomic mass is 32.2. The van der Waals surface area contributed by atoms with Crippen LogP contribution in [0.15, 0.2) is 53.7 Å². The van der Waals surface area contributed by atoms with Gasteiger partial charge in [-0.2, -0.15) is 9.40 Å². The molecule has 134 valence electrons. The lowest BCUT2D eigenvalue weighted by molar-refractivity contribution is 0.392. The predicted octanol–water partition coefficient (Wildman–Crippen LogP) is 2.93. The second-order valence-electron chi connectivity index (χ2n) is 6.00. The fourth-order valence-corrected chi connectivity index (χ4v) is 4.65. The third-order valence-electron chi connectivity index (χ3n) is 4.51. The number of rotatable bonds is 4. The average molecular weight is 373 g/mol. The van der Waals surface area contributed by atoms with E-state index in [4.69, 9.17) is 4.74 Å². The van der Waals surface area contributed by atoms with Crippen LogP contribution in [0.2, 0.25) is 0 Å². The van der Waals surface area contributed by atoms with E-state index in [-0.39, 0.29) is 29.6 Å². The Balaban J connectivity index is 1.72. The van der Waals surface area contributed by atoms with Gasteiger partial charge in [-0.05, 0) is 29.3 Å². The SMILES string of the molecule is COc1cc(-c2cn[nH]c2)ccc1S(=O)(=O)N1Cc2cccc(F)c2C1. The van der Waals surface area contributed by atoms with Gasteiger partial charge in [0.1, 0.15) is 16.5 Å². The van der Waals surface area contributed by atoms with Crippen LogP contribution in [0.5, 0.6) is 5.75 Å². The lowest BCUT2D eigenvalue weighted by Gasteiger charge is -2.18. The number of halogens is 1. The Labute approximate surface area is 150 Å². The van der Waals surface area contributed by atoms with E-state index in [0.717, 1.165) is 11.1 Å². The summed E-state index contributed by atoms with van der Waals surface area (Å²) in [6.07, 6.45) is 3.35. The predicted molar refractivity (Wildman–Crippen MR) is 93.4 cm³/mol. The Bertz CT molecular complexity index is 1070. The van der Waals surface area contributed by atoms with E-state index in [0.29, 0.717) is 11.1 Å². The maximum Gasteiger partial charge on any atom is 0.247 e. The van der Waals surface area contributed by atoms with Gasteiger partial charge in [0.25, 0.3) is 0 Å². The van der Waals surface area contributed by atoms with E-state index < -0.39 is 10.0 Å². The number of benzene rings is 2. The fraction of sp³-hybridized carbons (Fsp3) is 0.167. The minimum absolute atomic E-state index is 0.0109. The molecule has 8 heteroatoms. The summed E-state index contributed by atoms with van der Waals surface area (Å²) in [4.78, 5) is 0.0560. The molecule has 3 aromatic rings. The lowest BCUT2D eigenvalue weighted by atomic mass is 10.1. The molecule has 0 radical (unpaired) electrons. The Kier molecular flexibility index (Phi) is 4.01. The molecular formula is C18H16FN3O3S. The van der Waals surface area contributed by atoms with Crippen molar-refractivity contribution in [1.29, 1.82) is 0 Å². The molecule has 1 aliphatic rings. The van der Waals surface area contributed by atoms with Crippen LogP contribution in [-0.2, 0) is 23.1 Å². The maximum absolute atomic E-state index is 14.0. The fourth-order valence-electron chi connectivity index (χ4n) is 3.13. The molecule has 0 bridgehead atoms. The molecule has 2 heterocycles. The summed E-state index contributed by atoms with van der Waals surface area (Å²) in [5.74, 6) is -0.150. The van der Waals surface area contributed by atoms with E-state index in [1.807, 2.05) is 0 Å². The number of H-pyrrole nitrogens is 1. The molecule has 1 N–H and O–H groups in total. The van der Waals surface area contributed by atoms with Gasteiger partial charge in [0.15, 0.2) is 0 Å². The minimum atomic E-state index is -3.83. The maximum atomic E-state index is 14.0. The van der Waals surface area contributed by atoms with E-state index in [9.17, 15) is 12.8 Å². The van der Waals surface area contributed by atoms with Crippen molar-refractivity contribution in [2.24, 2.45) is 0 Å². The van der Waals surface area contributed by atoms with Crippen LogP contribution in [0.1, 0.15) is 11.1 Å². The number of hydrogen-bond acceptors (Lipinski definition) is 4. The monoisotopic (exact) mass is 373 g/mol. The Morgan fingerprint density at radius 2 is 2.04 bits per heavy atom. The van der Waals surface area contributed by atoms with Gasteiger partial charge in [-0.15, -0.1) is 0 Å². The van der Waals surface area contributed by atoms with Crippen LogP contribution < -0.4 is 4.74 Å². The van der Waals surface area contributed by atoms with Crippen LogP contribution in [0, 0.1) is 5.82 Å². The molecule has 0 unspecified atom stereocenters. The molecule has 0 spiro atoms. The van der Waals surface area contributed by atoms with Crippen molar-refractivity contribution in [2.45, 2.75) is 18.0 Å². The zero-order chi connectivity index (χ0) is 18.3. The highest BCUT2D eigenvalue weighted by Gasteiger charge is 2.34. The highest BCUT2D eigenvalue weighted by molar-refractivity contribution is 7.89. The molecule has 2 aromatic carbocycles. The second kappa shape index (κ2) is 6.22. The largest absolute Gasteiger partial charge is 0.495 e.